The third kappa shape index (κ3) is 5.80. The van der Waals surface area contributed by atoms with Crippen LogP contribution in [0.1, 0.15) is 26.3 Å². The van der Waals surface area contributed by atoms with Gasteiger partial charge in [0.1, 0.15) is 5.60 Å². The van der Waals surface area contributed by atoms with E-state index in [4.69, 9.17) is 27.8 Å². The molecule has 1 fully saturated rings. The van der Waals surface area contributed by atoms with E-state index in [0.29, 0.717) is 36.8 Å². The molecule has 1 aromatic carbocycles. The van der Waals surface area contributed by atoms with Crippen molar-refractivity contribution in [2.45, 2.75) is 26.4 Å². The van der Waals surface area contributed by atoms with E-state index in [1.807, 2.05) is 39.0 Å². The van der Waals surface area contributed by atoms with E-state index >= 15 is 0 Å². The molecule has 8 nitrogen and oxygen atoms in total. The summed E-state index contributed by atoms with van der Waals surface area (Å²) in [5.41, 5.74) is 11.7. The normalized spacial score (nSPS) is 15.2. The van der Waals surface area contributed by atoms with Crippen LogP contribution in [0.4, 0.5) is 10.5 Å². The zero-order valence-electron chi connectivity index (χ0n) is 15.3. The third-order valence-corrected chi connectivity index (χ3v) is 3.98. The molecule has 0 bridgehead atoms. The van der Waals surface area contributed by atoms with Gasteiger partial charge in [-0.05, 0) is 39.0 Å². The van der Waals surface area contributed by atoms with Crippen molar-refractivity contribution in [3.63, 3.8) is 0 Å². The second-order valence-corrected chi connectivity index (χ2v) is 7.34. The van der Waals surface area contributed by atoms with Crippen LogP contribution >= 0.6 is 11.6 Å². The molecule has 0 saturated carbocycles. The monoisotopic (exact) mass is 380 g/mol. The van der Waals surface area contributed by atoms with Crippen LogP contribution in [0.25, 0.3) is 0 Å². The number of hydrogen-bond donors (Lipinski definition) is 2. The number of benzene rings is 1. The maximum atomic E-state index is 12.1. The van der Waals surface area contributed by atoms with Gasteiger partial charge in [0.05, 0.1) is 11.2 Å². The molecule has 0 aliphatic carbocycles. The van der Waals surface area contributed by atoms with Gasteiger partial charge < -0.3 is 26.0 Å². The van der Waals surface area contributed by atoms with Gasteiger partial charge in [-0.1, -0.05) is 11.6 Å². The molecule has 1 heterocycles. The SMILES string of the molecule is CC(C)(C)OC(=O)N1CCN(c2ccc(C=NN=C(N)N)c(Cl)c2)CC1. The number of halogens is 1. The molecule has 1 saturated heterocycles. The Bertz CT molecular complexity index is 702. The standard InChI is InChI=1S/C17H25ClN6O2/c1-17(2,3)26-16(25)24-8-6-23(7-9-24)13-5-4-12(14(18)10-13)11-21-22-15(19)20/h4-5,10-11H,6-9H2,1-3H3,(H4,19,20,22). The lowest BCUT2D eigenvalue weighted by atomic mass is 10.2. The molecule has 0 spiro atoms. The number of nitrogens with two attached hydrogens (primary N) is 2. The maximum Gasteiger partial charge on any atom is 0.410 e. The first-order chi connectivity index (χ1) is 12.2. The van der Waals surface area contributed by atoms with Crippen LogP contribution in [-0.2, 0) is 4.74 Å². The fraction of sp³-hybridized carbons (Fsp3) is 0.471. The summed E-state index contributed by atoms with van der Waals surface area (Å²) >= 11 is 6.30. The van der Waals surface area contributed by atoms with Crippen LogP contribution in [0.5, 0.6) is 0 Å². The van der Waals surface area contributed by atoms with Crippen LogP contribution in [-0.4, -0.2) is 54.9 Å². The molecule has 1 aliphatic heterocycles. The van der Waals surface area contributed by atoms with Gasteiger partial charge in [0, 0.05) is 37.4 Å². The van der Waals surface area contributed by atoms with Gasteiger partial charge in [-0.15, -0.1) is 5.10 Å². The highest BCUT2D eigenvalue weighted by molar-refractivity contribution is 6.33. The lowest BCUT2D eigenvalue weighted by molar-refractivity contribution is 0.0240. The van der Waals surface area contributed by atoms with E-state index in [0.717, 1.165) is 5.69 Å². The number of anilines is 1. The van der Waals surface area contributed by atoms with E-state index in [1.165, 1.54) is 6.21 Å². The number of hydrogen-bond acceptors (Lipinski definition) is 5. The Balaban J connectivity index is 1.97. The average Bonchev–Trinajstić information content (AvgIpc) is 2.54. The summed E-state index contributed by atoms with van der Waals surface area (Å²) in [5, 5.41) is 7.85. The predicted octanol–water partition coefficient (Wildman–Crippen LogP) is 2.00. The minimum Gasteiger partial charge on any atom is -0.444 e. The van der Waals surface area contributed by atoms with Gasteiger partial charge in [0.15, 0.2) is 0 Å². The van der Waals surface area contributed by atoms with Crippen molar-refractivity contribution < 1.29 is 9.53 Å². The predicted molar refractivity (Wildman–Crippen MR) is 105 cm³/mol. The Kier molecular flexibility index (Phi) is 6.31. The first-order valence-corrected chi connectivity index (χ1v) is 8.68. The van der Waals surface area contributed by atoms with Gasteiger partial charge in [0.2, 0.25) is 5.96 Å². The zero-order valence-corrected chi connectivity index (χ0v) is 16.0. The summed E-state index contributed by atoms with van der Waals surface area (Å²) in [4.78, 5) is 16.0. The quantitative estimate of drug-likeness (QED) is 0.473. The molecular weight excluding hydrogens is 356 g/mol. The Morgan fingerprint density at radius 3 is 2.42 bits per heavy atom. The molecule has 0 aromatic heterocycles. The van der Waals surface area contributed by atoms with Crippen LogP contribution in [0.15, 0.2) is 28.4 Å². The Morgan fingerprint density at radius 1 is 1.23 bits per heavy atom. The number of piperazine rings is 1. The Hall–Kier alpha value is -2.48. The van der Waals surface area contributed by atoms with Crippen LogP contribution < -0.4 is 16.4 Å². The smallest absolute Gasteiger partial charge is 0.410 e. The molecule has 0 atom stereocenters. The summed E-state index contributed by atoms with van der Waals surface area (Å²) in [6.07, 6.45) is 1.22. The van der Waals surface area contributed by atoms with Crippen molar-refractivity contribution in [1.82, 2.24) is 4.90 Å². The molecule has 1 amide bonds. The van der Waals surface area contributed by atoms with Gasteiger partial charge >= 0.3 is 6.09 Å². The Labute approximate surface area is 158 Å². The first-order valence-electron chi connectivity index (χ1n) is 8.30. The summed E-state index contributed by atoms with van der Waals surface area (Å²) in [6.45, 7) is 8.19. The second-order valence-electron chi connectivity index (χ2n) is 6.93. The number of amides is 1. The molecular formula is C17H25ClN6O2. The van der Waals surface area contributed by atoms with Crippen LogP contribution in [0.2, 0.25) is 5.02 Å². The van der Waals surface area contributed by atoms with Gasteiger partial charge in [-0.25, -0.2) is 4.79 Å². The fourth-order valence-corrected chi connectivity index (χ4v) is 2.67. The molecule has 4 N–H and O–H groups in total. The highest BCUT2D eigenvalue weighted by Gasteiger charge is 2.26. The molecule has 0 unspecified atom stereocenters. The first kappa shape index (κ1) is 19.8. The Morgan fingerprint density at radius 2 is 1.88 bits per heavy atom. The fourth-order valence-electron chi connectivity index (χ4n) is 2.45. The zero-order chi connectivity index (χ0) is 19.3. The topological polar surface area (TPSA) is 110 Å². The van der Waals surface area contributed by atoms with E-state index in [-0.39, 0.29) is 12.1 Å². The number of nitrogens with zero attached hydrogens (tertiary/aromatic N) is 4. The van der Waals surface area contributed by atoms with E-state index in [9.17, 15) is 4.79 Å². The summed E-state index contributed by atoms with van der Waals surface area (Å²) in [7, 11) is 0. The number of carbonyl (C=O) groups is 1. The van der Waals surface area contributed by atoms with E-state index in [2.05, 4.69) is 15.1 Å². The molecule has 26 heavy (non-hydrogen) atoms. The highest BCUT2D eigenvalue weighted by atomic mass is 35.5. The van der Waals surface area contributed by atoms with Crippen molar-refractivity contribution >= 4 is 35.6 Å². The summed E-state index contributed by atoms with van der Waals surface area (Å²) < 4.78 is 5.41. The van der Waals surface area contributed by atoms with Crippen LogP contribution in [0.3, 0.4) is 0 Å². The highest BCUT2D eigenvalue weighted by Crippen LogP contribution is 2.24. The van der Waals surface area contributed by atoms with Gasteiger partial charge in [-0.3, -0.25) is 0 Å². The number of rotatable bonds is 3. The lowest BCUT2D eigenvalue weighted by Gasteiger charge is -2.36. The molecule has 142 valence electrons. The van der Waals surface area contributed by atoms with Crippen molar-refractivity contribution in [1.29, 1.82) is 0 Å². The number of carbonyl (C=O) groups excluding carboxylic acids is 1. The van der Waals surface area contributed by atoms with E-state index in [1.54, 1.807) is 4.90 Å². The minimum atomic E-state index is -0.488. The average molecular weight is 381 g/mol. The van der Waals surface area contributed by atoms with Crippen molar-refractivity contribution in [2.75, 3.05) is 31.1 Å². The minimum absolute atomic E-state index is 0.114. The van der Waals surface area contributed by atoms with Crippen LogP contribution in [0, 0.1) is 0 Å². The summed E-state index contributed by atoms with van der Waals surface area (Å²) in [5.74, 6) is -0.114. The molecule has 1 aliphatic rings. The van der Waals surface area contributed by atoms with Crippen molar-refractivity contribution in [3.05, 3.63) is 28.8 Å². The molecule has 2 rings (SSSR count). The third-order valence-electron chi connectivity index (χ3n) is 3.65. The molecule has 1 aromatic rings. The molecule has 0 radical (unpaired) electrons. The number of guanidine groups is 1. The van der Waals surface area contributed by atoms with Gasteiger partial charge in [0.25, 0.3) is 0 Å². The maximum absolute atomic E-state index is 12.1. The van der Waals surface area contributed by atoms with Gasteiger partial charge in [-0.2, -0.15) is 5.10 Å². The largest absolute Gasteiger partial charge is 0.444 e. The van der Waals surface area contributed by atoms with E-state index < -0.39 is 5.60 Å². The lowest BCUT2D eigenvalue weighted by Crippen LogP contribution is -2.50. The molecule has 9 heteroatoms. The second kappa shape index (κ2) is 8.27. The summed E-state index contributed by atoms with van der Waals surface area (Å²) in [6, 6.07) is 5.66. The van der Waals surface area contributed by atoms with Crippen molar-refractivity contribution in [2.24, 2.45) is 21.7 Å². The van der Waals surface area contributed by atoms with Crippen molar-refractivity contribution in [3.8, 4) is 0 Å². The number of ether oxygens (including phenoxy) is 1.